The molecule has 2 fully saturated rings. The number of carbonyl (C=O) groups is 3. The summed E-state index contributed by atoms with van der Waals surface area (Å²) in [6.45, 7) is 7.28. The van der Waals surface area contributed by atoms with E-state index in [2.05, 4.69) is 49.8 Å². The zero-order chi connectivity index (χ0) is 21.5. The van der Waals surface area contributed by atoms with Gasteiger partial charge in [-0.05, 0) is 67.1 Å². The Hall–Kier alpha value is -2.17. The normalized spacial score (nSPS) is 37.9. The SMILES string of the molecule is CC(C)(C)C1(C(=O)OCC2CC3C=CC2CC3)CC2C=CC1C2.O=C1C=CC(=O)O1. The molecule has 6 atom stereocenters. The standard InChI is InChI=1S/C21H30O2.C4H2O3/c1-20(2,3)21(12-15-6-9-18(21)11-15)19(22)23-13-17-10-14-4-7-16(17)8-5-14;5-3-1-2-4(6)7-3/h4,6-7,9,14-18H,5,8,10-13H2,1-3H3;1-2H. The Labute approximate surface area is 178 Å². The molecule has 0 N–H and O–H groups in total. The highest BCUT2D eigenvalue weighted by atomic mass is 16.6. The summed E-state index contributed by atoms with van der Waals surface area (Å²) in [4.78, 5) is 33.0. The monoisotopic (exact) mass is 412 g/mol. The molecule has 1 aliphatic heterocycles. The van der Waals surface area contributed by atoms with Crippen molar-refractivity contribution in [3.63, 3.8) is 0 Å². The van der Waals surface area contributed by atoms with Gasteiger partial charge in [0.1, 0.15) is 0 Å². The summed E-state index contributed by atoms with van der Waals surface area (Å²) in [5, 5.41) is 0. The minimum absolute atomic E-state index is 0.0419. The number of rotatable bonds is 3. The Morgan fingerprint density at radius 2 is 1.73 bits per heavy atom. The average molecular weight is 413 g/mol. The molecule has 5 heteroatoms. The van der Waals surface area contributed by atoms with E-state index >= 15 is 0 Å². The first-order chi connectivity index (χ1) is 14.2. The third-order valence-electron chi connectivity index (χ3n) is 7.79. The number of carbonyl (C=O) groups excluding carboxylic acids is 3. The zero-order valence-corrected chi connectivity index (χ0v) is 18.1. The molecule has 5 nitrogen and oxygen atoms in total. The lowest BCUT2D eigenvalue weighted by atomic mass is 9.59. The second-order valence-corrected chi connectivity index (χ2v) is 10.5. The molecule has 162 valence electrons. The lowest BCUT2D eigenvalue weighted by molar-refractivity contribution is -0.168. The molecule has 0 saturated heterocycles. The summed E-state index contributed by atoms with van der Waals surface area (Å²) < 4.78 is 9.97. The third-order valence-corrected chi connectivity index (χ3v) is 7.79. The van der Waals surface area contributed by atoms with Crippen LogP contribution in [0.3, 0.4) is 0 Å². The van der Waals surface area contributed by atoms with E-state index in [-0.39, 0.29) is 16.8 Å². The van der Waals surface area contributed by atoms with E-state index in [1.807, 2.05) is 0 Å². The van der Waals surface area contributed by atoms with E-state index in [1.54, 1.807) is 0 Å². The summed E-state index contributed by atoms with van der Waals surface area (Å²) in [5.74, 6) is 1.79. The molecule has 6 rings (SSSR count). The van der Waals surface area contributed by atoms with Crippen molar-refractivity contribution < 1.29 is 23.9 Å². The van der Waals surface area contributed by atoms with Crippen LogP contribution >= 0.6 is 0 Å². The maximum absolute atomic E-state index is 13.2. The van der Waals surface area contributed by atoms with Gasteiger partial charge in [-0.15, -0.1) is 0 Å². The van der Waals surface area contributed by atoms with Crippen molar-refractivity contribution in [2.75, 3.05) is 6.61 Å². The third kappa shape index (κ3) is 3.79. The second kappa shape index (κ2) is 7.82. The van der Waals surface area contributed by atoms with Gasteiger partial charge in [-0.1, -0.05) is 45.1 Å². The highest BCUT2D eigenvalue weighted by molar-refractivity contribution is 6.04. The van der Waals surface area contributed by atoms with E-state index in [0.29, 0.717) is 30.3 Å². The fourth-order valence-electron chi connectivity index (χ4n) is 6.12. The van der Waals surface area contributed by atoms with Gasteiger partial charge >= 0.3 is 17.9 Å². The van der Waals surface area contributed by atoms with Crippen LogP contribution in [0.5, 0.6) is 0 Å². The number of hydrogen-bond donors (Lipinski definition) is 0. The number of allylic oxidation sites excluding steroid dienone is 4. The van der Waals surface area contributed by atoms with E-state index in [4.69, 9.17) is 4.74 Å². The molecule has 5 aliphatic carbocycles. The number of hydrogen-bond acceptors (Lipinski definition) is 5. The molecule has 0 spiro atoms. The minimum Gasteiger partial charge on any atom is -0.465 e. The van der Waals surface area contributed by atoms with Gasteiger partial charge in [0, 0.05) is 12.2 Å². The maximum Gasteiger partial charge on any atom is 0.338 e. The van der Waals surface area contributed by atoms with E-state index in [0.717, 1.165) is 30.9 Å². The van der Waals surface area contributed by atoms with Crippen molar-refractivity contribution in [2.24, 2.45) is 40.4 Å². The molecule has 0 amide bonds. The van der Waals surface area contributed by atoms with Crippen LogP contribution < -0.4 is 0 Å². The maximum atomic E-state index is 13.2. The van der Waals surface area contributed by atoms with Crippen molar-refractivity contribution >= 4 is 17.9 Å². The van der Waals surface area contributed by atoms with Crippen LogP contribution in [0.25, 0.3) is 0 Å². The van der Waals surface area contributed by atoms with Crippen LogP contribution in [0.1, 0.15) is 52.9 Å². The molecule has 6 unspecified atom stereocenters. The van der Waals surface area contributed by atoms with Crippen molar-refractivity contribution in [1.82, 2.24) is 0 Å². The van der Waals surface area contributed by atoms with Crippen LogP contribution in [0.4, 0.5) is 0 Å². The van der Waals surface area contributed by atoms with Gasteiger partial charge in [-0.25, -0.2) is 9.59 Å². The van der Waals surface area contributed by atoms with Crippen molar-refractivity contribution in [1.29, 1.82) is 0 Å². The highest BCUT2D eigenvalue weighted by Gasteiger charge is 2.60. The first-order valence-electron chi connectivity index (χ1n) is 11.2. The molecule has 4 bridgehead atoms. The minimum atomic E-state index is -0.579. The largest absolute Gasteiger partial charge is 0.465 e. The molecule has 30 heavy (non-hydrogen) atoms. The fourth-order valence-corrected chi connectivity index (χ4v) is 6.12. The second-order valence-electron chi connectivity index (χ2n) is 10.5. The average Bonchev–Trinajstić information content (AvgIpc) is 3.43. The summed E-state index contributed by atoms with van der Waals surface area (Å²) in [6, 6.07) is 0. The Balaban J connectivity index is 0.000000265. The van der Waals surface area contributed by atoms with Gasteiger partial charge in [0.25, 0.3) is 0 Å². The molecule has 1 heterocycles. The number of ether oxygens (including phenoxy) is 2. The fraction of sp³-hybridized carbons (Fsp3) is 0.640. The van der Waals surface area contributed by atoms with Gasteiger partial charge in [0.2, 0.25) is 0 Å². The number of cyclic esters (lactones) is 2. The first-order valence-corrected chi connectivity index (χ1v) is 11.2. The van der Waals surface area contributed by atoms with Crippen molar-refractivity contribution in [3.8, 4) is 0 Å². The predicted molar refractivity (Wildman–Crippen MR) is 112 cm³/mol. The Kier molecular flexibility index (Phi) is 5.50. The summed E-state index contributed by atoms with van der Waals surface area (Å²) in [6.07, 6.45) is 17.5. The predicted octanol–water partition coefficient (Wildman–Crippen LogP) is 4.39. The van der Waals surface area contributed by atoms with Gasteiger partial charge in [0.05, 0.1) is 12.0 Å². The topological polar surface area (TPSA) is 69.7 Å². The Morgan fingerprint density at radius 3 is 2.13 bits per heavy atom. The molecule has 0 radical (unpaired) electrons. The smallest absolute Gasteiger partial charge is 0.338 e. The molecule has 2 saturated carbocycles. The van der Waals surface area contributed by atoms with Gasteiger partial charge in [-0.3, -0.25) is 4.79 Å². The van der Waals surface area contributed by atoms with Gasteiger partial charge in [-0.2, -0.15) is 0 Å². The molecular formula is C25H32O5. The van der Waals surface area contributed by atoms with E-state index in [1.165, 1.54) is 19.3 Å². The molecule has 0 aromatic heterocycles. The summed E-state index contributed by atoms with van der Waals surface area (Å²) >= 11 is 0. The van der Waals surface area contributed by atoms with Crippen molar-refractivity contribution in [2.45, 2.75) is 52.9 Å². The molecule has 6 aliphatic rings. The van der Waals surface area contributed by atoms with E-state index < -0.39 is 11.9 Å². The Morgan fingerprint density at radius 1 is 1.03 bits per heavy atom. The lowest BCUT2D eigenvalue weighted by Crippen LogP contribution is -2.48. The Bertz CT molecular complexity index is 798. The summed E-state index contributed by atoms with van der Waals surface area (Å²) in [7, 11) is 0. The highest BCUT2D eigenvalue weighted by Crippen LogP contribution is 2.61. The zero-order valence-electron chi connectivity index (χ0n) is 18.1. The lowest BCUT2D eigenvalue weighted by Gasteiger charge is -2.45. The molecule has 0 aromatic carbocycles. The van der Waals surface area contributed by atoms with Gasteiger partial charge < -0.3 is 9.47 Å². The van der Waals surface area contributed by atoms with Crippen molar-refractivity contribution in [3.05, 3.63) is 36.5 Å². The number of esters is 3. The van der Waals surface area contributed by atoms with Gasteiger partial charge in [0.15, 0.2) is 0 Å². The van der Waals surface area contributed by atoms with Crippen LogP contribution in [0.15, 0.2) is 36.5 Å². The number of fused-ring (bicyclic) bond motifs is 4. The van der Waals surface area contributed by atoms with Crippen LogP contribution in [-0.4, -0.2) is 24.5 Å². The van der Waals surface area contributed by atoms with Crippen LogP contribution in [-0.2, 0) is 23.9 Å². The molecular weight excluding hydrogens is 380 g/mol. The first kappa shape index (κ1) is 21.1. The van der Waals surface area contributed by atoms with E-state index in [9.17, 15) is 14.4 Å². The molecule has 0 aromatic rings. The van der Waals surface area contributed by atoms with Crippen LogP contribution in [0, 0.1) is 40.4 Å². The summed E-state index contributed by atoms with van der Waals surface area (Å²) in [5.41, 5.74) is -0.352. The quantitative estimate of drug-likeness (QED) is 0.391. The van der Waals surface area contributed by atoms with Crippen LogP contribution in [0.2, 0.25) is 0 Å².